The highest BCUT2D eigenvalue weighted by Crippen LogP contribution is 2.60. The van der Waals surface area contributed by atoms with Gasteiger partial charge in [0.15, 0.2) is 0 Å². The fraction of sp³-hybridized carbons (Fsp3) is 0.900. The van der Waals surface area contributed by atoms with Crippen LogP contribution in [0.4, 0.5) is 4.39 Å². The van der Waals surface area contributed by atoms with Crippen LogP contribution < -0.4 is 5.73 Å². The molecule has 0 spiro atoms. The number of nitrogens with two attached hydrogens (primary N) is 1. The third kappa shape index (κ3) is 1.32. The molecule has 4 atom stereocenters. The van der Waals surface area contributed by atoms with Gasteiger partial charge in [-0.3, -0.25) is 4.79 Å². The Bertz CT molecular complexity index is 259. The Morgan fingerprint density at radius 1 is 1.57 bits per heavy atom. The number of fused-ring (bicyclic) bond motifs is 1. The smallest absolute Gasteiger partial charge is 0.303 e. The zero-order chi connectivity index (χ0) is 10.3. The third-order valence-corrected chi connectivity index (χ3v) is 4.00. The second-order valence-corrected chi connectivity index (χ2v) is 4.78. The van der Waals surface area contributed by atoms with Crippen LogP contribution in [0.3, 0.4) is 0 Å². The molecule has 0 aromatic rings. The van der Waals surface area contributed by atoms with Gasteiger partial charge >= 0.3 is 5.97 Å². The van der Waals surface area contributed by atoms with Gasteiger partial charge in [0.1, 0.15) is 6.17 Å². The molecule has 0 aromatic carbocycles. The van der Waals surface area contributed by atoms with Crippen LogP contribution in [0.5, 0.6) is 0 Å². The van der Waals surface area contributed by atoms with Crippen molar-refractivity contribution in [3.8, 4) is 0 Å². The van der Waals surface area contributed by atoms with Gasteiger partial charge in [0.2, 0.25) is 0 Å². The van der Waals surface area contributed by atoms with Crippen LogP contribution in [0.25, 0.3) is 0 Å². The largest absolute Gasteiger partial charge is 0.481 e. The summed E-state index contributed by atoms with van der Waals surface area (Å²) in [6.07, 6.45) is 1.33. The zero-order valence-electron chi connectivity index (χ0n) is 8.08. The quantitative estimate of drug-likeness (QED) is 0.720. The highest BCUT2D eigenvalue weighted by Gasteiger charge is 2.57. The van der Waals surface area contributed by atoms with Crippen LogP contribution in [0, 0.1) is 17.3 Å². The summed E-state index contributed by atoms with van der Waals surface area (Å²) in [4.78, 5) is 10.7. The van der Waals surface area contributed by atoms with E-state index in [1.54, 1.807) is 0 Å². The minimum absolute atomic E-state index is 0.109. The molecule has 0 amide bonds. The monoisotopic (exact) mass is 201 g/mol. The number of aliphatic carboxylic acids is 1. The lowest BCUT2D eigenvalue weighted by molar-refractivity contribution is -0.145. The summed E-state index contributed by atoms with van der Waals surface area (Å²) < 4.78 is 13.1. The van der Waals surface area contributed by atoms with Gasteiger partial charge in [0, 0.05) is 0 Å². The summed E-state index contributed by atoms with van der Waals surface area (Å²) in [6, 6.07) is 0. The Hall–Kier alpha value is -0.640. The fourth-order valence-corrected chi connectivity index (χ4v) is 3.36. The van der Waals surface area contributed by atoms with Crippen molar-refractivity contribution in [1.82, 2.24) is 0 Å². The molecule has 2 aliphatic rings. The molecular formula is C10H16FNO2. The number of carbonyl (C=O) groups is 1. The van der Waals surface area contributed by atoms with Gasteiger partial charge in [-0.05, 0) is 43.1 Å². The van der Waals surface area contributed by atoms with E-state index in [1.807, 2.05) is 0 Å². The summed E-state index contributed by atoms with van der Waals surface area (Å²) in [6.45, 7) is 0.382. The molecule has 2 fully saturated rings. The van der Waals surface area contributed by atoms with E-state index >= 15 is 0 Å². The maximum atomic E-state index is 13.1. The van der Waals surface area contributed by atoms with Crippen molar-refractivity contribution in [3.63, 3.8) is 0 Å². The summed E-state index contributed by atoms with van der Waals surface area (Å²) in [7, 11) is 0. The molecule has 0 radical (unpaired) electrons. The molecule has 2 saturated carbocycles. The molecule has 4 heteroatoms. The second kappa shape index (κ2) is 3.19. The molecule has 0 aromatic heterocycles. The van der Waals surface area contributed by atoms with Crippen LogP contribution in [0.15, 0.2) is 0 Å². The Morgan fingerprint density at radius 2 is 2.29 bits per heavy atom. The topological polar surface area (TPSA) is 63.3 Å². The molecule has 3 nitrogen and oxygen atoms in total. The minimum Gasteiger partial charge on any atom is -0.481 e. The highest BCUT2D eigenvalue weighted by molar-refractivity contribution is 5.68. The number of carboxylic acids is 1. The maximum Gasteiger partial charge on any atom is 0.303 e. The molecule has 3 N–H and O–H groups in total. The Labute approximate surface area is 82.5 Å². The highest BCUT2D eigenvalue weighted by atomic mass is 19.1. The minimum atomic E-state index is -0.809. The summed E-state index contributed by atoms with van der Waals surface area (Å²) in [5, 5.41) is 8.78. The zero-order valence-corrected chi connectivity index (χ0v) is 8.08. The van der Waals surface area contributed by atoms with Crippen LogP contribution in [0.1, 0.15) is 25.7 Å². The van der Waals surface area contributed by atoms with Gasteiger partial charge in [0.25, 0.3) is 0 Å². The first-order valence-corrected chi connectivity index (χ1v) is 5.13. The molecule has 2 aliphatic carbocycles. The predicted octanol–water partition coefficient (Wildman–Crippen LogP) is 1.17. The van der Waals surface area contributed by atoms with Crippen LogP contribution in [-0.4, -0.2) is 23.8 Å². The van der Waals surface area contributed by atoms with Gasteiger partial charge in [-0.2, -0.15) is 0 Å². The maximum absolute atomic E-state index is 13.1. The van der Waals surface area contributed by atoms with E-state index in [2.05, 4.69) is 0 Å². The molecule has 2 rings (SSSR count). The van der Waals surface area contributed by atoms with Crippen molar-refractivity contribution < 1.29 is 14.3 Å². The molecule has 0 aliphatic heterocycles. The van der Waals surface area contributed by atoms with Crippen molar-refractivity contribution in [2.45, 2.75) is 31.9 Å². The Morgan fingerprint density at radius 3 is 2.79 bits per heavy atom. The van der Waals surface area contributed by atoms with E-state index in [0.717, 1.165) is 6.42 Å². The van der Waals surface area contributed by atoms with E-state index in [1.165, 1.54) is 0 Å². The Balaban J connectivity index is 2.06. The molecule has 0 saturated heterocycles. The standard InChI is InChI=1S/C10H16FNO2/c11-7-1-6-3-10(5-12,4-9(13)14)8(6)2-7/h6-8H,1-5,12H2,(H,13,14)/t6-,7+,8-,10-/m1/s1. The van der Waals surface area contributed by atoms with E-state index < -0.39 is 12.1 Å². The van der Waals surface area contributed by atoms with Crippen molar-refractivity contribution >= 4 is 5.97 Å². The number of rotatable bonds is 3. The lowest BCUT2D eigenvalue weighted by Crippen LogP contribution is -2.51. The van der Waals surface area contributed by atoms with Crippen molar-refractivity contribution in [2.75, 3.05) is 6.54 Å². The number of hydrogen-bond donors (Lipinski definition) is 2. The molecule has 0 heterocycles. The third-order valence-electron chi connectivity index (χ3n) is 4.00. The second-order valence-electron chi connectivity index (χ2n) is 4.78. The summed E-state index contributed by atoms with van der Waals surface area (Å²) in [5.74, 6) is -0.192. The summed E-state index contributed by atoms with van der Waals surface area (Å²) in [5.41, 5.74) is 5.34. The van der Waals surface area contributed by atoms with Crippen LogP contribution in [-0.2, 0) is 4.79 Å². The van der Waals surface area contributed by atoms with Crippen molar-refractivity contribution in [2.24, 2.45) is 23.0 Å². The van der Waals surface area contributed by atoms with Crippen LogP contribution in [0.2, 0.25) is 0 Å². The molecule has 14 heavy (non-hydrogen) atoms. The molecular weight excluding hydrogens is 185 g/mol. The molecule has 0 bridgehead atoms. The molecule has 0 unspecified atom stereocenters. The first-order chi connectivity index (χ1) is 6.57. The first-order valence-electron chi connectivity index (χ1n) is 5.13. The van der Waals surface area contributed by atoms with Crippen molar-refractivity contribution in [3.05, 3.63) is 0 Å². The average molecular weight is 201 g/mol. The van der Waals surface area contributed by atoms with Gasteiger partial charge in [0.05, 0.1) is 6.42 Å². The predicted molar refractivity (Wildman–Crippen MR) is 49.5 cm³/mol. The van der Waals surface area contributed by atoms with E-state index in [4.69, 9.17) is 10.8 Å². The van der Waals surface area contributed by atoms with E-state index in [-0.39, 0.29) is 17.8 Å². The number of carboxylic acid groups (broad SMARTS) is 1. The normalized spacial score (nSPS) is 45.7. The van der Waals surface area contributed by atoms with Crippen molar-refractivity contribution in [1.29, 1.82) is 0 Å². The van der Waals surface area contributed by atoms with Gasteiger partial charge < -0.3 is 10.8 Å². The fourth-order valence-electron chi connectivity index (χ4n) is 3.36. The van der Waals surface area contributed by atoms with E-state index in [0.29, 0.717) is 25.3 Å². The summed E-state index contributed by atoms with van der Waals surface area (Å²) >= 11 is 0. The lowest BCUT2D eigenvalue weighted by Gasteiger charge is -2.51. The van der Waals surface area contributed by atoms with E-state index in [9.17, 15) is 9.18 Å². The first kappa shape index (κ1) is 9.90. The number of halogens is 1. The Kier molecular flexibility index (Phi) is 2.26. The van der Waals surface area contributed by atoms with Crippen LogP contribution >= 0.6 is 0 Å². The molecule has 80 valence electrons. The average Bonchev–Trinajstić information content (AvgIpc) is 2.39. The SMILES string of the molecule is NC[C@]1(CC(=O)O)C[C@H]2C[C@H](F)C[C@H]21. The van der Waals surface area contributed by atoms with Gasteiger partial charge in [-0.1, -0.05) is 0 Å². The van der Waals surface area contributed by atoms with Gasteiger partial charge in [-0.15, -0.1) is 0 Å². The number of hydrogen-bond acceptors (Lipinski definition) is 2. The number of alkyl halides is 1. The van der Waals surface area contributed by atoms with Gasteiger partial charge in [-0.25, -0.2) is 4.39 Å². The lowest BCUT2D eigenvalue weighted by atomic mass is 9.53.